The summed E-state index contributed by atoms with van der Waals surface area (Å²) in [5.41, 5.74) is 2.83. The van der Waals surface area contributed by atoms with Gasteiger partial charge >= 0.3 is 0 Å². The summed E-state index contributed by atoms with van der Waals surface area (Å²) in [6, 6.07) is 17.2. The molecular formula is C23H32N3O3S+. The van der Waals surface area contributed by atoms with Gasteiger partial charge in [-0.25, -0.2) is 8.42 Å². The molecule has 1 fully saturated rings. The summed E-state index contributed by atoms with van der Waals surface area (Å²) in [6.07, 6.45) is 1.01. The van der Waals surface area contributed by atoms with Crippen LogP contribution in [0.25, 0.3) is 0 Å². The molecule has 0 spiro atoms. The largest absolute Gasteiger partial charge is 0.325 e. The van der Waals surface area contributed by atoms with Crippen molar-refractivity contribution in [3.63, 3.8) is 0 Å². The normalized spacial score (nSPS) is 16.9. The second-order valence-electron chi connectivity index (χ2n) is 8.01. The van der Waals surface area contributed by atoms with Gasteiger partial charge in [-0.15, -0.1) is 0 Å². The van der Waals surface area contributed by atoms with Crippen molar-refractivity contribution in [2.24, 2.45) is 0 Å². The highest BCUT2D eigenvalue weighted by Crippen LogP contribution is 2.26. The Morgan fingerprint density at radius 1 is 1.07 bits per heavy atom. The Kier molecular flexibility index (Phi) is 7.64. The molecule has 1 aliphatic heterocycles. The third kappa shape index (κ3) is 5.90. The van der Waals surface area contributed by atoms with Crippen molar-refractivity contribution in [2.45, 2.75) is 31.9 Å². The lowest BCUT2D eigenvalue weighted by Gasteiger charge is -2.31. The van der Waals surface area contributed by atoms with Crippen molar-refractivity contribution in [1.82, 2.24) is 4.31 Å². The number of benzene rings is 2. The van der Waals surface area contributed by atoms with Gasteiger partial charge in [0, 0.05) is 5.69 Å². The predicted octanol–water partition coefficient (Wildman–Crippen LogP) is 1.87. The number of quaternary nitrogens is 1. The first-order valence-electron chi connectivity index (χ1n) is 10.6. The summed E-state index contributed by atoms with van der Waals surface area (Å²) >= 11 is 0. The number of sulfonamides is 1. The van der Waals surface area contributed by atoms with Crippen LogP contribution in [0.1, 0.15) is 37.3 Å². The van der Waals surface area contributed by atoms with E-state index in [2.05, 4.69) is 25.2 Å². The predicted molar refractivity (Wildman–Crippen MR) is 120 cm³/mol. The van der Waals surface area contributed by atoms with E-state index in [0.717, 1.165) is 28.1 Å². The maximum absolute atomic E-state index is 12.7. The van der Waals surface area contributed by atoms with Crippen LogP contribution in [0.5, 0.6) is 0 Å². The molecule has 0 bridgehead atoms. The van der Waals surface area contributed by atoms with Crippen LogP contribution in [-0.2, 0) is 20.6 Å². The lowest BCUT2D eigenvalue weighted by atomic mass is 9.97. The molecule has 0 aliphatic carbocycles. The van der Waals surface area contributed by atoms with Gasteiger partial charge in [0.05, 0.1) is 31.9 Å². The summed E-state index contributed by atoms with van der Waals surface area (Å²) in [5, 5.41) is 3.06. The van der Waals surface area contributed by atoms with Crippen LogP contribution in [0.2, 0.25) is 0 Å². The maximum Gasteiger partial charge on any atom is 0.279 e. The van der Waals surface area contributed by atoms with Gasteiger partial charge in [-0.05, 0) is 29.5 Å². The van der Waals surface area contributed by atoms with Gasteiger partial charge in [0.15, 0.2) is 6.54 Å². The Labute approximate surface area is 179 Å². The molecule has 0 radical (unpaired) electrons. The van der Waals surface area contributed by atoms with E-state index in [1.54, 1.807) is 4.31 Å². The quantitative estimate of drug-likeness (QED) is 0.672. The van der Waals surface area contributed by atoms with Crippen LogP contribution >= 0.6 is 0 Å². The number of carbonyl (C=O) groups is 1. The molecule has 2 aromatic carbocycles. The molecule has 30 heavy (non-hydrogen) atoms. The van der Waals surface area contributed by atoms with Crippen molar-refractivity contribution < 1.29 is 18.1 Å². The lowest BCUT2D eigenvalue weighted by Crippen LogP contribution is -3.15. The van der Waals surface area contributed by atoms with Crippen molar-refractivity contribution in [2.75, 3.05) is 38.0 Å². The van der Waals surface area contributed by atoms with Crippen LogP contribution < -0.4 is 10.2 Å². The highest BCUT2D eigenvalue weighted by Gasteiger charge is 2.30. The number of para-hydroxylation sites is 1. The average molecular weight is 431 g/mol. The van der Waals surface area contributed by atoms with Crippen molar-refractivity contribution >= 4 is 21.6 Å². The topological polar surface area (TPSA) is 70.9 Å². The Hall–Kier alpha value is -2.22. The third-order valence-corrected chi connectivity index (χ3v) is 7.65. The molecule has 1 atom stereocenters. The lowest BCUT2D eigenvalue weighted by molar-refractivity contribution is -0.895. The fourth-order valence-corrected chi connectivity index (χ4v) is 5.35. The fraction of sp³-hybridized carbons (Fsp3) is 0.435. The maximum atomic E-state index is 12.7. The number of hydrogen-bond donors (Lipinski definition) is 2. The number of hydrogen-bond acceptors (Lipinski definition) is 3. The second-order valence-corrected chi connectivity index (χ2v) is 9.98. The summed E-state index contributed by atoms with van der Waals surface area (Å²) < 4.78 is 26.9. The van der Waals surface area contributed by atoms with Crippen LogP contribution in [0.15, 0.2) is 54.6 Å². The van der Waals surface area contributed by atoms with Crippen LogP contribution in [0.4, 0.5) is 5.69 Å². The zero-order valence-electron chi connectivity index (χ0n) is 17.8. The minimum Gasteiger partial charge on any atom is -0.325 e. The first-order chi connectivity index (χ1) is 14.4. The van der Waals surface area contributed by atoms with Gasteiger partial charge in [0.1, 0.15) is 0 Å². The number of anilines is 1. The minimum absolute atomic E-state index is 0.0239. The smallest absolute Gasteiger partial charge is 0.279 e. The minimum atomic E-state index is -3.34. The summed E-state index contributed by atoms with van der Waals surface area (Å²) in [5.74, 6) is 0.379. The number of nitrogens with one attached hydrogen (secondary N) is 2. The van der Waals surface area contributed by atoms with E-state index in [-0.39, 0.29) is 11.7 Å². The van der Waals surface area contributed by atoms with Gasteiger partial charge in [0.2, 0.25) is 10.0 Å². The van der Waals surface area contributed by atoms with Gasteiger partial charge in [-0.2, -0.15) is 4.31 Å². The molecule has 2 aromatic rings. The molecule has 6 nitrogen and oxygen atoms in total. The van der Waals surface area contributed by atoms with Crippen molar-refractivity contribution in [3.05, 3.63) is 65.7 Å². The molecular weight excluding hydrogens is 398 g/mol. The standard InChI is InChI=1S/C23H31N3O3S/c1-3-19(2)21-11-7-8-12-22(21)24-23(27)17-25-13-15-26(16-14-25)30(28,29)18-20-9-5-4-6-10-20/h4-12,19H,3,13-18H2,1-2H3,(H,24,27)/p+1/t19-/m1/s1. The number of rotatable bonds is 8. The first kappa shape index (κ1) is 22.5. The molecule has 0 aromatic heterocycles. The Morgan fingerprint density at radius 3 is 2.37 bits per heavy atom. The fourth-order valence-electron chi connectivity index (χ4n) is 3.82. The zero-order chi connectivity index (χ0) is 21.6. The number of nitrogens with zero attached hydrogens (tertiary/aromatic N) is 1. The van der Waals surface area contributed by atoms with Crippen molar-refractivity contribution in [1.29, 1.82) is 0 Å². The number of piperazine rings is 1. The van der Waals surface area contributed by atoms with E-state index >= 15 is 0 Å². The van der Waals surface area contributed by atoms with Crippen LogP contribution in [-0.4, -0.2) is 51.4 Å². The Balaban J connectivity index is 1.52. The number of carbonyl (C=O) groups excluding carboxylic acids is 1. The van der Waals surface area contributed by atoms with E-state index in [9.17, 15) is 13.2 Å². The first-order valence-corrected chi connectivity index (χ1v) is 12.2. The van der Waals surface area contributed by atoms with E-state index in [0.29, 0.717) is 38.6 Å². The van der Waals surface area contributed by atoms with Crippen LogP contribution in [0.3, 0.4) is 0 Å². The number of amides is 1. The van der Waals surface area contributed by atoms with Gasteiger partial charge in [-0.3, -0.25) is 4.79 Å². The van der Waals surface area contributed by atoms with Crippen LogP contribution in [0, 0.1) is 0 Å². The highest BCUT2D eigenvalue weighted by molar-refractivity contribution is 7.88. The molecule has 162 valence electrons. The zero-order valence-corrected chi connectivity index (χ0v) is 18.6. The molecule has 1 amide bonds. The van der Waals surface area contributed by atoms with E-state index in [1.165, 1.54) is 0 Å². The summed E-state index contributed by atoms with van der Waals surface area (Å²) in [7, 11) is -3.34. The van der Waals surface area contributed by atoms with E-state index in [4.69, 9.17) is 0 Å². The Morgan fingerprint density at radius 2 is 1.70 bits per heavy atom. The molecule has 1 saturated heterocycles. The van der Waals surface area contributed by atoms with Crippen molar-refractivity contribution in [3.8, 4) is 0 Å². The average Bonchev–Trinajstić information content (AvgIpc) is 2.74. The van der Waals surface area contributed by atoms with Gasteiger partial charge in [-0.1, -0.05) is 62.4 Å². The van der Waals surface area contributed by atoms with Gasteiger partial charge in [0.25, 0.3) is 5.91 Å². The Bertz CT molecular complexity index is 939. The summed E-state index contributed by atoms with van der Waals surface area (Å²) in [4.78, 5) is 13.7. The molecule has 1 heterocycles. The molecule has 7 heteroatoms. The molecule has 0 saturated carbocycles. The molecule has 1 aliphatic rings. The third-order valence-electron chi connectivity index (χ3n) is 5.80. The molecule has 0 unspecified atom stereocenters. The van der Waals surface area contributed by atoms with E-state index < -0.39 is 10.0 Å². The van der Waals surface area contributed by atoms with Gasteiger partial charge < -0.3 is 10.2 Å². The molecule has 2 N–H and O–H groups in total. The highest BCUT2D eigenvalue weighted by atomic mass is 32.2. The second kappa shape index (κ2) is 10.2. The summed E-state index contributed by atoms with van der Waals surface area (Å²) in [6.45, 7) is 6.80. The monoisotopic (exact) mass is 430 g/mol. The molecule has 3 rings (SSSR count). The SMILES string of the molecule is CC[C@@H](C)c1ccccc1NC(=O)C[NH+]1CCN(S(=O)(=O)Cc2ccccc2)CC1. The van der Waals surface area contributed by atoms with E-state index in [1.807, 2.05) is 48.5 Å².